The summed E-state index contributed by atoms with van der Waals surface area (Å²) >= 11 is 0.650. The number of hydrogen-bond donors (Lipinski definition) is 0. The molecule has 1 fully saturated rings. The fraction of sp³-hybridized carbons (Fsp3) is 1.00. The first-order chi connectivity index (χ1) is 2.39. The molecule has 1 aliphatic rings. The predicted octanol–water partition coefficient (Wildman–Crippen LogP) is 1.17. The van der Waals surface area contributed by atoms with Gasteiger partial charge in [0, 0.05) is 32.7 Å². The largest absolute Gasteiger partial charge is 0 e. The van der Waals surface area contributed by atoms with Crippen molar-refractivity contribution in [2.75, 3.05) is 0 Å². The second-order valence-electron chi connectivity index (χ2n) is 1.76. The van der Waals surface area contributed by atoms with Crippen LogP contribution in [0.25, 0.3) is 0 Å². The van der Waals surface area contributed by atoms with E-state index < -0.39 is 0 Å². The molecule has 1 aliphatic heterocycles. The number of rotatable bonds is 0. The van der Waals surface area contributed by atoms with E-state index in [1.807, 2.05) is 0 Å². The van der Waals surface area contributed by atoms with Gasteiger partial charge in [-0.3, -0.25) is 0 Å². The topological polar surface area (TPSA) is 0 Å². The molecule has 0 aromatic rings. The molecule has 0 atom stereocenters. The average molecular weight is 218 g/mol. The Morgan fingerprint density at radius 3 is 1.83 bits per heavy atom. The normalized spacial score (nSPS) is 21.5. The Kier molecular flexibility index (Phi) is 4.62. The van der Waals surface area contributed by atoms with Crippen molar-refractivity contribution in [2.45, 2.75) is 17.4 Å². The molecule has 1 rings (SSSR count). The summed E-state index contributed by atoms with van der Waals surface area (Å²) in [7, 11) is 0. The molecule has 0 amide bonds. The van der Waals surface area contributed by atoms with E-state index in [-0.39, 0.29) is 32.7 Å². The van der Waals surface area contributed by atoms with Gasteiger partial charge in [0.05, 0.1) is 0 Å². The summed E-state index contributed by atoms with van der Waals surface area (Å²) in [6, 6.07) is 0. The van der Waals surface area contributed by atoms with Gasteiger partial charge in [-0.2, -0.15) is 0 Å². The molecular weight excluding hydrogens is 210 g/mol. The van der Waals surface area contributed by atoms with Crippen molar-refractivity contribution in [3.05, 3.63) is 0 Å². The average Bonchev–Trinajstić information content (AvgIpc) is 1.30. The van der Waals surface area contributed by atoms with Crippen molar-refractivity contribution < 1.29 is 32.7 Å². The van der Waals surface area contributed by atoms with E-state index in [9.17, 15) is 0 Å². The van der Waals surface area contributed by atoms with Gasteiger partial charge in [0.1, 0.15) is 0 Å². The summed E-state index contributed by atoms with van der Waals surface area (Å²) in [4.78, 5) is 0. The Bertz CT molecular complexity index is 34.5. The monoisotopic (exact) mass is 219 g/mol. The van der Waals surface area contributed by atoms with E-state index >= 15 is 0 Å². The standard InChI is InChI=1S/C4H8Ge.Y/c1-4-2-5-3-4;/h4H,2-3H2,1H3;. The van der Waals surface area contributed by atoms with Gasteiger partial charge in [-0.05, 0) is 0 Å². The van der Waals surface area contributed by atoms with Crippen LogP contribution in [0.1, 0.15) is 6.92 Å². The van der Waals surface area contributed by atoms with Crippen molar-refractivity contribution in [1.82, 2.24) is 0 Å². The minimum absolute atomic E-state index is 0. The molecular formula is C4H8GeY. The Labute approximate surface area is 70.8 Å². The van der Waals surface area contributed by atoms with Crippen LogP contribution in [0.5, 0.6) is 0 Å². The fourth-order valence-corrected chi connectivity index (χ4v) is 2.25. The van der Waals surface area contributed by atoms with Gasteiger partial charge in [-0.25, -0.2) is 0 Å². The van der Waals surface area contributed by atoms with Crippen molar-refractivity contribution >= 4 is 15.4 Å². The van der Waals surface area contributed by atoms with Gasteiger partial charge < -0.3 is 0 Å². The molecule has 1 saturated heterocycles. The third-order valence-electron chi connectivity index (χ3n) is 0.986. The zero-order valence-corrected chi connectivity index (χ0v) is 9.01. The predicted molar refractivity (Wildman–Crippen MR) is 24.5 cm³/mol. The molecule has 0 aromatic carbocycles. The Hall–Kier alpha value is 1.65. The molecule has 1 heterocycles. The zero-order chi connectivity index (χ0) is 3.70. The van der Waals surface area contributed by atoms with Crippen LogP contribution in [0, 0.1) is 5.92 Å². The van der Waals surface area contributed by atoms with Gasteiger partial charge in [0.25, 0.3) is 0 Å². The summed E-state index contributed by atoms with van der Waals surface area (Å²) in [5.41, 5.74) is 0. The molecule has 0 spiro atoms. The fourth-order valence-electron chi connectivity index (χ4n) is 0.433. The second-order valence-corrected chi connectivity index (χ2v) is 4.53. The molecule has 0 bridgehead atoms. The zero-order valence-electron chi connectivity index (χ0n) is 4.07. The summed E-state index contributed by atoms with van der Waals surface area (Å²) in [6.45, 7) is 2.34. The van der Waals surface area contributed by atoms with Crippen LogP contribution in [0.4, 0.5) is 0 Å². The van der Waals surface area contributed by atoms with Crippen LogP contribution in [0.2, 0.25) is 10.5 Å². The van der Waals surface area contributed by atoms with E-state index in [1.54, 1.807) is 10.5 Å². The maximum Gasteiger partial charge on any atom is 0 e. The molecule has 0 aromatic heterocycles. The van der Waals surface area contributed by atoms with E-state index in [2.05, 4.69) is 6.92 Å². The molecule has 6 heavy (non-hydrogen) atoms. The van der Waals surface area contributed by atoms with Crippen molar-refractivity contribution in [3.63, 3.8) is 0 Å². The van der Waals surface area contributed by atoms with Crippen LogP contribution < -0.4 is 0 Å². The van der Waals surface area contributed by atoms with Gasteiger partial charge in [-0.15, -0.1) is 0 Å². The first kappa shape index (κ1) is 7.65. The minimum atomic E-state index is 0. The summed E-state index contributed by atoms with van der Waals surface area (Å²) in [6.07, 6.45) is 0. The summed E-state index contributed by atoms with van der Waals surface area (Å²) < 4.78 is 0. The van der Waals surface area contributed by atoms with E-state index in [1.165, 1.54) is 0 Å². The molecule has 31 valence electrons. The van der Waals surface area contributed by atoms with Crippen LogP contribution in [0.15, 0.2) is 0 Å². The van der Waals surface area contributed by atoms with Crippen LogP contribution >= 0.6 is 0 Å². The Morgan fingerprint density at radius 2 is 1.83 bits per heavy atom. The van der Waals surface area contributed by atoms with Gasteiger partial charge in [-0.1, -0.05) is 0 Å². The maximum absolute atomic E-state index is 2.34. The molecule has 0 saturated carbocycles. The van der Waals surface area contributed by atoms with E-state index in [4.69, 9.17) is 0 Å². The van der Waals surface area contributed by atoms with Crippen LogP contribution in [-0.4, -0.2) is 15.4 Å². The smallest absolute Gasteiger partial charge is 0 e. The molecule has 3 radical (unpaired) electrons. The van der Waals surface area contributed by atoms with Crippen LogP contribution in [-0.2, 0) is 32.7 Å². The van der Waals surface area contributed by atoms with Crippen molar-refractivity contribution in [2.24, 2.45) is 5.92 Å². The molecule has 0 unspecified atom stereocenters. The molecule has 0 aliphatic carbocycles. The van der Waals surface area contributed by atoms with Gasteiger partial charge >= 0.3 is 38.8 Å². The molecule has 0 N–H and O–H groups in total. The summed E-state index contributed by atoms with van der Waals surface area (Å²) in [5.74, 6) is 1.12. The quantitative estimate of drug-likeness (QED) is 0.535. The van der Waals surface area contributed by atoms with E-state index in [0.29, 0.717) is 15.4 Å². The maximum atomic E-state index is 2.34. The minimum Gasteiger partial charge on any atom is 0 e. The van der Waals surface area contributed by atoms with Crippen molar-refractivity contribution in [1.29, 1.82) is 0 Å². The first-order valence-electron chi connectivity index (χ1n) is 2.10. The second kappa shape index (κ2) is 3.62. The first-order valence-corrected chi connectivity index (χ1v) is 5.07. The van der Waals surface area contributed by atoms with Gasteiger partial charge in [0.2, 0.25) is 0 Å². The third kappa shape index (κ3) is 2.09. The van der Waals surface area contributed by atoms with Gasteiger partial charge in [0.15, 0.2) is 0 Å². The summed E-state index contributed by atoms with van der Waals surface area (Å²) in [5, 5.41) is 3.22. The van der Waals surface area contributed by atoms with Crippen LogP contribution in [0.3, 0.4) is 0 Å². The number of hydrogen-bond acceptors (Lipinski definition) is 0. The molecule has 0 nitrogen and oxygen atoms in total. The molecule has 2 heteroatoms. The Balaban J connectivity index is 0.000000250. The van der Waals surface area contributed by atoms with Crippen molar-refractivity contribution in [3.8, 4) is 0 Å². The third-order valence-corrected chi connectivity index (χ3v) is 5.12. The van der Waals surface area contributed by atoms with E-state index in [0.717, 1.165) is 5.92 Å². The Morgan fingerprint density at radius 1 is 1.50 bits per heavy atom. The SMILES string of the molecule is CC1[CH2][Ge][CH2]1.[Y].